The fourth-order valence-electron chi connectivity index (χ4n) is 0. The van der Waals surface area contributed by atoms with Crippen LogP contribution in [-0.4, -0.2) is 0 Å². The van der Waals surface area contributed by atoms with Gasteiger partial charge in [-0.3, -0.25) is 0 Å². The molecule has 0 saturated carbocycles. The van der Waals surface area contributed by atoms with Gasteiger partial charge in [0.2, 0.25) is 0 Å². The van der Waals surface area contributed by atoms with E-state index in [0.29, 0.717) is 0 Å². The van der Waals surface area contributed by atoms with Crippen LogP contribution in [0.15, 0.2) is 10.6 Å². The molecule has 32 valence electrons. The maximum absolute atomic E-state index is 5.03. The smallest absolute Gasteiger partial charge is 0 e. The second-order valence-corrected chi connectivity index (χ2v) is 1.50. The summed E-state index contributed by atoms with van der Waals surface area (Å²) in [6.07, 6.45) is 1.36. The van der Waals surface area contributed by atoms with Gasteiger partial charge in [0.05, 0.1) is 0 Å². The van der Waals surface area contributed by atoms with E-state index in [4.69, 9.17) is 23.2 Å². The van der Waals surface area contributed by atoms with Crippen molar-refractivity contribution in [3.8, 4) is 0 Å². The molecule has 0 rings (SSSR count). The summed E-state index contributed by atoms with van der Waals surface area (Å²) in [5, 5.41) is 0. The Morgan fingerprint density at radius 1 is 1.50 bits per heavy atom. The average molecular weight is 175 g/mol. The van der Waals surface area contributed by atoms with Crippen molar-refractivity contribution in [3.63, 3.8) is 0 Å². The monoisotopic (exact) mass is 173 g/mol. The van der Waals surface area contributed by atoms with E-state index < -0.39 is 0 Å². The van der Waals surface area contributed by atoms with Crippen LogP contribution >= 0.6 is 23.2 Å². The molecule has 0 aromatic rings. The van der Waals surface area contributed by atoms with Crippen molar-refractivity contribution >= 4 is 23.2 Å². The van der Waals surface area contributed by atoms with Gasteiger partial charge in [-0.2, -0.15) is 23.2 Å². The molecule has 0 saturated heterocycles. The summed E-state index contributed by atoms with van der Waals surface area (Å²) < 4.78 is 0.213. The van der Waals surface area contributed by atoms with Gasteiger partial charge in [-0.05, 0) is 4.49 Å². The average Bonchev–Trinajstić information content (AvgIpc) is 1.38. The Hall–Kier alpha value is 0.813. The maximum atomic E-state index is 5.03. The number of rotatable bonds is 0. The van der Waals surface area contributed by atoms with Crippen molar-refractivity contribution in [1.29, 1.82) is 0 Å². The molecule has 3 heteroatoms. The first-order valence-corrected chi connectivity index (χ1v) is 1.83. The Kier molecular flexibility index (Phi) is 9.63. The van der Waals surface area contributed by atoms with E-state index in [2.05, 4.69) is 6.92 Å². The molecular formula is C3H3Cl2Zn-. The zero-order valence-corrected chi connectivity index (χ0v) is 7.73. The molecule has 0 spiro atoms. The van der Waals surface area contributed by atoms with Crippen molar-refractivity contribution in [2.45, 2.75) is 0 Å². The SMILES string of the molecule is [CH2-]C=C(Cl)Cl.[Zn]. The Balaban J connectivity index is 0. The molecule has 0 fully saturated rings. The first-order valence-electron chi connectivity index (χ1n) is 1.07. The molecule has 0 aliphatic carbocycles. The number of hydrogen-bond donors (Lipinski definition) is 0. The van der Waals surface area contributed by atoms with E-state index in [-0.39, 0.29) is 24.0 Å². The number of allylic oxidation sites excluding steroid dienone is 1. The van der Waals surface area contributed by atoms with Crippen molar-refractivity contribution in [3.05, 3.63) is 17.5 Å². The van der Waals surface area contributed by atoms with Crippen LogP contribution in [-0.2, 0) is 19.5 Å². The van der Waals surface area contributed by atoms with E-state index in [1.807, 2.05) is 0 Å². The Morgan fingerprint density at radius 2 is 1.67 bits per heavy atom. The summed E-state index contributed by atoms with van der Waals surface area (Å²) in [6.45, 7) is 3.26. The van der Waals surface area contributed by atoms with Gasteiger partial charge < -0.3 is 0 Å². The Labute approximate surface area is 60.3 Å². The van der Waals surface area contributed by atoms with Gasteiger partial charge in [0.1, 0.15) is 0 Å². The normalized spacial score (nSPS) is 5.67. The Morgan fingerprint density at radius 3 is 1.67 bits per heavy atom. The van der Waals surface area contributed by atoms with E-state index in [1.165, 1.54) is 6.08 Å². The van der Waals surface area contributed by atoms with Crippen molar-refractivity contribution in [1.82, 2.24) is 0 Å². The quantitative estimate of drug-likeness (QED) is 0.391. The van der Waals surface area contributed by atoms with Gasteiger partial charge in [0.15, 0.2) is 0 Å². The van der Waals surface area contributed by atoms with Gasteiger partial charge in [-0.15, -0.1) is 0 Å². The summed E-state index contributed by atoms with van der Waals surface area (Å²) in [7, 11) is 0. The van der Waals surface area contributed by atoms with Gasteiger partial charge in [0.25, 0.3) is 0 Å². The van der Waals surface area contributed by atoms with Gasteiger partial charge in [-0.25, -0.2) is 13.0 Å². The van der Waals surface area contributed by atoms with Crippen molar-refractivity contribution in [2.75, 3.05) is 0 Å². The number of halogens is 2. The summed E-state index contributed by atoms with van der Waals surface area (Å²) >= 11 is 10.1. The van der Waals surface area contributed by atoms with Crippen LogP contribution in [0, 0.1) is 6.92 Å². The van der Waals surface area contributed by atoms with Crippen LogP contribution < -0.4 is 0 Å². The third-order valence-electron chi connectivity index (χ3n) is 0.154. The zero-order chi connectivity index (χ0) is 4.28. The minimum Gasteiger partial charge on any atom is -0.243 e. The molecule has 0 amide bonds. The fourth-order valence-corrected chi connectivity index (χ4v) is 0. The third-order valence-corrected chi connectivity index (χ3v) is 0.463. The standard InChI is InChI=1S/C3H3Cl2.Zn/c1-2-3(4)5;/h2H,1H2;/q-1;. The molecule has 0 bridgehead atoms. The summed E-state index contributed by atoms with van der Waals surface area (Å²) in [4.78, 5) is 0. The first kappa shape index (κ1) is 9.94. The molecule has 0 N–H and O–H groups in total. The molecule has 0 radical (unpaired) electrons. The molecule has 0 atom stereocenters. The van der Waals surface area contributed by atoms with Crippen molar-refractivity contribution < 1.29 is 19.5 Å². The molecular weight excluding hydrogens is 172 g/mol. The largest absolute Gasteiger partial charge is 0.243 e. The van der Waals surface area contributed by atoms with E-state index in [1.54, 1.807) is 0 Å². The Bertz CT molecular complexity index is 46.8. The molecule has 0 aromatic heterocycles. The topological polar surface area (TPSA) is 0 Å². The molecule has 0 heterocycles. The van der Waals surface area contributed by atoms with Crippen LogP contribution in [0.2, 0.25) is 0 Å². The van der Waals surface area contributed by atoms with Crippen LogP contribution in [0.3, 0.4) is 0 Å². The molecule has 0 aliphatic rings. The molecule has 0 aliphatic heterocycles. The third kappa shape index (κ3) is 8.84. The van der Waals surface area contributed by atoms with Crippen molar-refractivity contribution in [2.24, 2.45) is 0 Å². The minimum atomic E-state index is 0. The van der Waals surface area contributed by atoms with Gasteiger partial charge >= 0.3 is 0 Å². The van der Waals surface area contributed by atoms with Gasteiger partial charge in [-0.1, -0.05) is 0 Å². The molecule has 6 heavy (non-hydrogen) atoms. The van der Waals surface area contributed by atoms with E-state index in [9.17, 15) is 0 Å². The molecule has 0 aromatic carbocycles. The minimum absolute atomic E-state index is 0. The van der Waals surface area contributed by atoms with Crippen LogP contribution in [0.1, 0.15) is 0 Å². The van der Waals surface area contributed by atoms with Crippen LogP contribution in [0.5, 0.6) is 0 Å². The summed E-state index contributed by atoms with van der Waals surface area (Å²) in [5.41, 5.74) is 0. The van der Waals surface area contributed by atoms with Crippen LogP contribution in [0.25, 0.3) is 0 Å². The second kappa shape index (κ2) is 5.81. The predicted molar refractivity (Wildman–Crippen MR) is 25.1 cm³/mol. The number of hydrogen-bond acceptors (Lipinski definition) is 0. The van der Waals surface area contributed by atoms with Gasteiger partial charge in [0, 0.05) is 19.5 Å². The summed E-state index contributed by atoms with van der Waals surface area (Å²) in [6, 6.07) is 0. The maximum Gasteiger partial charge on any atom is 0 e. The summed E-state index contributed by atoms with van der Waals surface area (Å²) in [5.74, 6) is 0. The van der Waals surface area contributed by atoms with Crippen LogP contribution in [0.4, 0.5) is 0 Å². The fraction of sp³-hybridized carbons (Fsp3) is 0. The first-order chi connectivity index (χ1) is 2.27. The van der Waals surface area contributed by atoms with E-state index >= 15 is 0 Å². The van der Waals surface area contributed by atoms with E-state index in [0.717, 1.165) is 0 Å². The molecule has 0 nitrogen and oxygen atoms in total. The zero-order valence-electron chi connectivity index (χ0n) is 3.25. The molecule has 0 unspecified atom stereocenters. The second-order valence-electron chi connectivity index (χ2n) is 0.494. The predicted octanol–water partition coefficient (Wildman–Crippen LogP) is 2.14.